The Morgan fingerprint density at radius 1 is 1.17 bits per heavy atom. The zero-order chi connectivity index (χ0) is 12.7. The lowest BCUT2D eigenvalue weighted by Gasteiger charge is -2.01. The summed E-state index contributed by atoms with van der Waals surface area (Å²) >= 11 is 4.94. The summed E-state index contributed by atoms with van der Waals surface area (Å²) in [5, 5.41) is 2.56. The van der Waals surface area contributed by atoms with Gasteiger partial charge in [0, 0.05) is 10.8 Å². The third-order valence-corrected chi connectivity index (χ3v) is 4.51. The first-order valence-electron chi connectivity index (χ1n) is 5.40. The van der Waals surface area contributed by atoms with Gasteiger partial charge in [0.25, 0.3) is 0 Å². The van der Waals surface area contributed by atoms with Crippen LogP contribution in [0.25, 0.3) is 20.9 Å². The minimum absolute atomic E-state index is 0.0199. The van der Waals surface area contributed by atoms with Gasteiger partial charge < -0.3 is 4.74 Å². The molecular formula is C14H9BrO2S. The second-order valence-corrected chi connectivity index (χ2v) is 6.35. The average molecular weight is 321 g/mol. The van der Waals surface area contributed by atoms with Crippen LogP contribution < -0.4 is 10.2 Å². The first kappa shape index (κ1) is 11.7. The number of hydrogen-bond donors (Lipinski definition) is 0. The predicted molar refractivity (Wildman–Crippen MR) is 79.9 cm³/mol. The standard InChI is InChI=1S/C14H9BrO2S/c1-17-13-9-5-3-2-4-8(9)6-11(16)10-7-12(15)18-14(10)13/h2-7H,1H3. The van der Waals surface area contributed by atoms with E-state index in [0.717, 1.165) is 25.0 Å². The van der Waals surface area contributed by atoms with E-state index in [1.807, 2.05) is 30.3 Å². The molecule has 4 heteroatoms. The summed E-state index contributed by atoms with van der Waals surface area (Å²) in [6, 6.07) is 11.3. The van der Waals surface area contributed by atoms with Crippen LogP contribution in [0.1, 0.15) is 0 Å². The molecule has 0 saturated carbocycles. The third-order valence-electron chi connectivity index (χ3n) is 2.87. The van der Waals surface area contributed by atoms with Crippen molar-refractivity contribution in [2.45, 2.75) is 0 Å². The molecule has 2 aromatic carbocycles. The SMILES string of the molecule is COc1c2ccccc2cc(=O)c2cc(Br)sc12. The molecule has 18 heavy (non-hydrogen) atoms. The fourth-order valence-electron chi connectivity index (χ4n) is 2.09. The fourth-order valence-corrected chi connectivity index (χ4v) is 3.73. The molecule has 0 unspecified atom stereocenters. The average Bonchev–Trinajstić information content (AvgIpc) is 2.70. The Balaban J connectivity index is 2.68. The number of benzene rings is 1. The summed E-state index contributed by atoms with van der Waals surface area (Å²) in [6.07, 6.45) is 0. The largest absolute Gasteiger partial charge is 0.495 e. The van der Waals surface area contributed by atoms with Crippen molar-refractivity contribution in [1.29, 1.82) is 0 Å². The molecule has 1 heterocycles. The number of halogens is 1. The highest BCUT2D eigenvalue weighted by molar-refractivity contribution is 9.11. The fraction of sp³-hybridized carbons (Fsp3) is 0.0714. The molecule has 0 fully saturated rings. The normalized spacial score (nSPS) is 11.0. The first-order chi connectivity index (χ1) is 8.70. The van der Waals surface area contributed by atoms with Crippen molar-refractivity contribution in [3.05, 3.63) is 50.4 Å². The van der Waals surface area contributed by atoms with Crippen molar-refractivity contribution in [2.75, 3.05) is 7.11 Å². The second-order valence-electron chi connectivity index (χ2n) is 3.92. The Labute approximate surface area is 116 Å². The van der Waals surface area contributed by atoms with Gasteiger partial charge in [-0.05, 0) is 33.4 Å². The summed E-state index contributed by atoms with van der Waals surface area (Å²) in [4.78, 5) is 12.2. The highest BCUT2D eigenvalue weighted by Crippen LogP contribution is 2.37. The second kappa shape index (κ2) is 4.37. The molecule has 0 saturated heterocycles. The molecule has 0 radical (unpaired) electrons. The van der Waals surface area contributed by atoms with Crippen LogP contribution >= 0.6 is 27.3 Å². The third kappa shape index (κ3) is 1.72. The van der Waals surface area contributed by atoms with Crippen LogP contribution in [-0.2, 0) is 0 Å². The van der Waals surface area contributed by atoms with Crippen molar-refractivity contribution >= 4 is 48.1 Å². The van der Waals surface area contributed by atoms with Crippen molar-refractivity contribution in [3.8, 4) is 5.75 Å². The van der Waals surface area contributed by atoms with Crippen LogP contribution in [0, 0.1) is 0 Å². The molecule has 0 bridgehead atoms. The summed E-state index contributed by atoms with van der Waals surface area (Å²) in [7, 11) is 1.64. The first-order valence-corrected chi connectivity index (χ1v) is 7.01. The van der Waals surface area contributed by atoms with Gasteiger partial charge in [0.15, 0.2) is 5.43 Å². The zero-order valence-corrected chi connectivity index (χ0v) is 12.0. The number of hydrogen-bond acceptors (Lipinski definition) is 3. The maximum atomic E-state index is 12.2. The quantitative estimate of drug-likeness (QED) is 0.672. The minimum atomic E-state index is 0.0199. The zero-order valence-electron chi connectivity index (χ0n) is 9.57. The highest BCUT2D eigenvalue weighted by atomic mass is 79.9. The maximum Gasteiger partial charge on any atom is 0.188 e. The number of fused-ring (bicyclic) bond motifs is 2. The molecule has 0 amide bonds. The van der Waals surface area contributed by atoms with Crippen LogP contribution in [0.4, 0.5) is 0 Å². The molecular weight excluding hydrogens is 312 g/mol. The van der Waals surface area contributed by atoms with E-state index in [1.165, 1.54) is 11.3 Å². The molecule has 0 atom stereocenters. The van der Waals surface area contributed by atoms with E-state index in [0.29, 0.717) is 5.39 Å². The van der Waals surface area contributed by atoms with Gasteiger partial charge in [0.05, 0.1) is 15.6 Å². The van der Waals surface area contributed by atoms with E-state index in [2.05, 4.69) is 15.9 Å². The van der Waals surface area contributed by atoms with Gasteiger partial charge in [-0.2, -0.15) is 0 Å². The molecule has 0 N–H and O–H groups in total. The topological polar surface area (TPSA) is 26.3 Å². The van der Waals surface area contributed by atoms with Gasteiger partial charge in [-0.1, -0.05) is 24.3 Å². The number of ether oxygens (including phenoxy) is 1. The van der Waals surface area contributed by atoms with E-state index in [4.69, 9.17) is 4.74 Å². The lowest BCUT2D eigenvalue weighted by atomic mass is 10.2. The Kier molecular flexibility index (Phi) is 2.84. The lowest BCUT2D eigenvalue weighted by molar-refractivity contribution is 0.425. The number of rotatable bonds is 1. The van der Waals surface area contributed by atoms with Gasteiger partial charge in [-0.25, -0.2) is 0 Å². The van der Waals surface area contributed by atoms with Gasteiger partial charge in [-0.15, -0.1) is 11.3 Å². The molecule has 2 nitrogen and oxygen atoms in total. The van der Waals surface area contributed by atoms with Crippen LogP contribution in [-0.4, -0.2) is 7.11 Å². The van der Waals surface area contributed by atoms with E-state index in [1.54, 1.807) is 13.2 Å². The van der Waals surface area contributed by atoms with E-state index >= 15 is 0 Å². The molecule has 0 spiro atoms. The van der Waals surface area contributed by atoms with Crippen molar-refractivity contribution in [3.63, 3.8) is 0 Å². The molecule has 3 aromatic rings. The smallest absolute Gasteiger partial charge is 0.188 e. The molecule has 3 rings (SSSR count). The van der Waals surface area contributed by atoms with Gasteiger partial charge >= 0.3 is 0 Å². The van der Waals surface area contributed by atoms with Crippen molar-refractivity contribution in [1.82, 2.24) is 0 Å². The Morgan fingerprint density at radius 3 is 2.72 bits per heavy atom. The maximum absolute atomic E-state index is 12.2. The minimum Gasteiger partial charge on any atom is -0.495 e. The molecule has 90 valence electrons. The van der Waals surface area contributed by atoms with Crippen LogP contribution in [0.3, 0.4) is 0 Å². The molecule has 0 aliphatic rings. The highest BCUT2D eigenvalue weighted by Gasteiger charge is 2.11. The van der Waals surface area contributed by atoms with Gasteiger partial charge in [0.1, 0.15) is 5.75 Å². The van der Waals surface area contributed by atoms with Crippen molar-refractivity contribution in [2.24, 2.45) is 0 Å². The Bertz CT molecular complexity index is 808. The van der Waals surface area contributed by atoms with Crippen LogP contribution in [0.2, 0.25) is 0 Å². The van der Waals surface area contributed by atoms with Crippen LogP contribution in [0.5, 0.6) is 5.75 Å². The number of methoxy groups -OCH3 is 1. The Morgan fingerprint density at radius 2 is 1.94 bits per heavy atom. The monoisotopic (exact) mass is 320 g/mol. The summed E-state index contributed by atoms with van der Waals surface area (Å²) in [6.45, 7) is 0. The molecule has 0 aliphatic carbocycles. The van der Waals surface area contributed by atoms with E-state index in [-0.39, 0.29) is 5.43 Å². The summed E-state index contributed by atoms with van der Waals surface area (Å²) in [5.41, 5.74) is 0.0199. The van der Waals surface area contributed by atoms with Crippen LogP contribution in [0.15, 0.2) is 45.0 Å². The lowest BCUT2D eigenvalue weighted by Crippen LogP contribution is -1.92. The summed E-state index contributed by atoms with van der Waals surface area (Å²) in [5.74, 6) is 0.762. The predicted octanol–water partition coefficient (Wildman–Crippen LogP) is 4.19. The summed E-state index contributed by atoms with van der Waals surface area (Å²) < 4.78 is 7.34. The van der Waals surface area contributed by atoms with E-state index in [9.17, 15) is 4.79 Å². The van der Waals surface area contributed by atoms with Gasteiger partial charge in [-0.3, -0.25) is 4.79 Å². The number of thiophene rings is 1. The molecule has 0 aliphatic heterocycles. The molecule has 1 aromatic heterocycles. The van der Waals surface area contributed by atoms with Gasteiger partial charge in [0.2, 0.25) is 0 Å². The Hall–Kier alpha value is -1.39. The van der Waals surface area contributed by atoms with E-state index < -0.39 is 0 Å². The van der Waals surface area contributed by atoms with Crippen molar-refractivity contribution < 1.29 is 4.74 Å².